The standard InChI is InChI=1S/C8H5N3O2/c12-11(13)8-3-1-2-7-6(8)4-9-5-10-7/h1-5H. The van der Waals surface area contributed by atoms with Crippen LogP contribution in [0.2, 0.25) is 0 Å². The Hall–Kier alpha value is -2.04. The van der Waals surface area contributed by atoms with Crippen LogP contribution in [0.3, 0.4) is 0 Å². The summed E-state index contributed by atoms with van der Waals surface area (Å²) in [4.78, 5) is 17.8. The summed E-state index contributed by atoms with van der Waals surface area (Å²) >= 11 is 0. The molecule has 2 rings (SSSR count). The molecule has 0 aliphatic rings. The molecular weight excluding hydrogens is 170 g/mol. The van der Waals surface area contributed by atoms with Crippen molar-refractivity contribution in [3.05, 3.63) is 40.8 Å². The molecule has 0 saturated heterocycles. The third kappa shape index (κ3) is 1.20. The first kappa shape index (κ1) is 7.60. The summed E-state index contributed by atoms with van der Waals surface area (Å²) in [5.41, 5.74) is 0.627. The van der Waals surface area contributed by atoms with Crippen molar-refractivity contribution in [2.24, 2.45) is 0 Å². The minimum Gasteiger partial charge on any atom is -0.258 e. The molecule has 5 nitrogen and oxygen atoms in total. The molecule has 0 aliphatic heterocycles. The molecule has 5 heteroatoms. The molecule has 0 amide bonds. The Morgan fingerprint density at radius 3 is 3.00 bits per heavy atom. The molecule has 0 N–H and O–H groups in total. The second-order valence-corrected chi connectivity index (χ2v) is 2.49. The van der Waals surface area contributed by atoms with E-state index in [4.69, 9.17) is 0 Å². The molecule has 1 aromatic carbocycles. The molecular formula is C8H5N3O2. The van der Waals surface area contributed by atoms with Gasteiger partial charge in [-0.3, -0.25) is 10.1 Å². The van der Waals surface area contributed by atoms with Gasteiger partial charge in [0.25, 0.3) is 5.69 Å². The molecule has 0 spiro atoms. The molecule has 0 atom stereocenters. The molecule has 64 valence electrons. The van der Waals surface area contributed by atoms with E-state index in [0.29, 0.717) is 10.9 Å². The Morgan fingerprint density at radius 2 is 2.23 bits per heavy atom. The topological polar surface area (TPSA) is 68.9 Å². The quantitative estimate of drug-likeness (QED) is 0.487. The van der Waals surface area contributed by atoms with Crippen LogP contribution in [0.4, 0.5) is 5.69 Å². The molecule has 0 aliphatic carbocycles. The zero-order valence-corrected chi connectivity index (χ0v) is 6.54. The van der Waals surface area contributed by atoms with Gasteiger partial charge in [0, 0.05) is 12.3 Å². The minimum atomic E-state index is -0.439. The van der Waals surface area contributed by atoms with Crippen molar-refractivity contribution < 1.29 is 4.92 Å². The average Bonchev–Trinajstić information content (AvgIpc) is 2.17. The van der Waals surface area contributed by atoms with Crippen molar-refractivity contribution in [3.63, 3.8) is 0 Å². The largest absolute Gasteiger partial charge is 0.280 e. The third-order valence-electron chi connectivity index (χ3n) is 1.72. The molecule has 1 heterocycles. The number of fused-ring (bicyclic) bond motifs is 1. The summed E-state index contributed by atoms with van der Waals surface area (Å²) in [7, 11) is 0. The number of non-ortho nitro benzene ring substituents is 1. The highest BCUT2D eigenvalue weighted by molar-refractivity contribution is 5.86. The summed E-state index contributed by atoms with van der Waals surface area (Å²) in [6.07, 6.45) is 2.81. The van der Waals surface area contributed by atoms with Crippen LogP contribution in [0.1, 0.15) is 0 Å². The van der Waals surface area contributed by atoms with E-state index < -0.39 is 4.92 Å². The zero-order chi connectivity index (χ0) is 9.26. The molecule has 0 radical (unpaired) electrons. The summed E-state index contributed by atoms with van der Waals surface area (Å²) in [6, 6.07) is 4.75. The third-order valence-corrected chi connectivity index (χ3v) is 1.72. The van der Waals surface area contributed by atoms with Crippen molar-refractivity contribution in [1.29, 1.82) is 0 Å². The van der Waals surface area contributed by atoms with Gasteiger partial charge in [-0.15, -0.1) is 0 Å². The first-order chi connectivity index (χ1) is 6.29. The SMILES string of the molecule is O=[N+]([O-])c1cccc2ncncc12. The van der Waals surface area contributed by atoms with Gasteiger partial charge in [-0.1, -0.05) is 6.07 Å². The van der Waals surface area contributed by atoms with Gasteiger partial charge >= 0.3 is 0 Å². The van der Waals surface area contributed by atoms with E-state index in [-0.39, 0.29) is 5.69 Å². The summed E-state index contributed by atoms with van der Waals surface area (Å²) in [5, 5.41) is 11.0. The van der Waals surface area contributed by atoms with E-state index in [0.717, 1.165) is 0 Å². The minimum absolute atomic E-state index is 0.0399. The Morgan fingerprint density at radius 1 is 1.38 bits per heavy atom. The second-order valence-electron chi connectivity index (χ2n) is 2.49. The van der Waals surface area contributed by atoms with Gasteiger partial charge < -0.3 is 0 Å². The highest BCUT2D eigenvalue weighted by atomic mass is 16.6. The number of benzene rings is 1. The van der Waals surface area contributed by atoms with E-state index in [2.05, 4.69) is 9.97 Å². The summed E-state index contributed by atoms with van der Waals surface area (Å²) < 4.78 is 0. The number of nitro benzene ring substituents is 1. The lowest BCUT2D eigenvalue weighted by molar-refractivity contribution is -0.383. The van der Waals surface area contributed by atoms with E-state index >= 15 is 0 Å². The Kier molecular flexibility index (Phi) is 1.63. The molecule has 1 aromatic heterocycles. The fourth-order valence-corrected chi connectivity index (χ4v) is 1.15. The van der Waals surface area contributed by atoms with Crippen molar-refractivity contribution >= 4 is 16.6 Å². The Labute approximate surface area is 73.2 Å². The van der Waals surface area contributed by atoms with Crippen molar-refractivity contribution in [1.82, 2.24) is 9.97 Å². The first-order valence-corrected chi connectivity index (χ1v) is 3.62. The molecule has 0 saturated carbocycles. The molecule has 13 heavy (non-hydrogen) atoms. The molecule has 2 aromatic rings. The molecule has 0 unspecified atom stereocenters. The van der Waals surface area contributed by atoms with Gasteiger partial charge in [0.05, 0.1) is 15.8 Å². The monoisotopic (exact) mass is 175 g/mol. The van der Waals surface area contributed by atoms with Gasteiger partial charge in [-0.05, 0) is 6.07 Å². The zero-order valence-electron chi connectivity index (χ0n) is 6.54. The predicted octanol–water partition coefficient (Wildman–Crippen LogP) is 1.54. The van der Waals surface area contributed by atoms with E-state index in [1.807, 2.05) is 0 Å². The van der Waals surface area contributed by atoms with Crippen LogP contribution in [0, 0.1) is 10.1 Å². The molecule has 0 bridgehead atoms. The van der Waals surface area contributed by atoms with Gasteiger partial charge in [-0.25, -0.2) is 9.97 Å². The van der Waals surface area contributed by atoms with E-state index in [1.54, 1.807) is 12.1 Å². The number of hydrogen-bond donors (Lipinski definition) is 0. The normalized spacial score (nSPS) is 10.2. The number of nitro groups is 1. The maximum Gasteiger partial charge on any atom is 0.280 e. The van der Waals surface area contributed by atoms with Crippen LogP contribution in [0.5, 0.6) is 0 Å². The van der Waals surface area contributed by atoms with Gasteiger partial charge in [0.15, 0.2) is 0 Å². The van der Waals surface area contributed by atoms with Gasteiger partial charge in [0.2, 0.25) is 0 Å². The Balaban J connectivity index is 2.83. The first-order valence-electron chi connectivity index (χ1n) is 3.62. The summed E-state index contributed by atoms with van der Waals surface area (Å²) in [6.45, 7) is 0. The number of hydrogen-bond acceptors (Lipinski definition) is 4. The second kappa shape index (κ2) is 2.78. The maximum atomic E-state index is 10.6. The smallest absolute Gasteiger partial charge is 0.258 e. The fraction of sp³-hybridized carbons (Fsp3) is 0. The average molecular weight is 175 g/mol. The summed E-state index contributed by atoms with van der Waals surface area (Å²) in [5.74, 6) is 0. The van der Waals surface area contributed by atoms with Crippen LogP contribution in [-0.4, -0.2) is 14.9 Å². The van der Waals surface area contributed by atoms with Crippen LogP contribution >= 0.6 is 0 Å². The highest BCUT2D eigenvalue weighted by Gasteiger charge is 2.10. The van der Waals surface area contributed by atoms with E-state index in [9.17, 15) is 10.1 Å². The fourth-order valence-electron chi connectivity index (χ4n) is 1.15. The number of aromatic nitrogens is 2. The van der Waals surface area contributed by atoms with Crippen LogP contribution in [-0.2, 0) is 0 Å². The number of rotatable bonds is 1. The maximum absolute atomic E-state index is 10.6. The van der Waals surface area contributed by atoms with Crippen LogP contribution in [0.15, 0.2) is 30.7 Å². The van der Waals surface area contributed by atoms with Crippen LogP contribution in [0.25, 0.3) is 10.9 Å². The number of nitrogens with zero attached hydrogens (tertiary/aromatic N) is 3. The highest BCUT2D eigenvalue weighted by Crippen LogP contribution is 2.21. The van der Waals surface area contributed by atoms with Gasteiger partial charge in [-0.2, -0.15) is 0 Å². The Bertz CT molecular complexity index is 464. The van der Waals surface area contributed by atoms with Crippen molar-refractivity contribution in [2.45, 2.75) is 0 Å². The molecule has 0 fully saturated rings. The van der Waals surface area contributed by atoms with Crippen LogP contribution < -0.4 is 0 Å². The lowest BCUT2D eigenvalue weighted by atomic mass is 10.2. The van der Waals surface area contributed by atoms with Crippen molar-refractivity contribution in [3.8, 4) is 0 Å². The van der Waals surface area contributed by atoms with E-state index in [1.165, 1.54) is 18.6 Å². The predicted molar refractivity (Wildman–Crippen MR) is 46.2 cm³/mol. The van der Waals surface area contributed by atoms with Gasteiger partial charge in [0.1, 0.15) is 6.33 Å². The lowest BCUT2D eigenvalue weighted by Gasteiger charge is -1.95. The van der Waals surface area contributed by atoms with Crippen molar-refractivity contribution in [2.75, 3.05) is 0 Å². The lowest BCUT2D eigenvalue weighted by Crippen LogP contribution is -1.90.